The molecule has 4 heteroatoms. The van der Waals surface area contributed by atoms with E-state index in [4.69, 9.17) is 4.74 Å². The second kappa shape index (κ2) is 6.73. The number of fused-ring (bicyclic) bond motifs is 1. The molecule has 0 saturated heterocycles. The van der Waals surface area contributed by atoms with Gasteiger partial charge in [0.05, 0.1) is 0 Å². The van der Waals surface area contributed by atoms with Crippen molar-refractivity contribution < 1.29 is 14.2 Å². The summed E-state index contributed by atoms with van der Waals surface area (Å²) < 4.78 is 18.8. The molecule has 3 rings (SSSR count). The number of benzene rings is 2. The molecular formula is C18H18FNO2. The van der Waals surface area contributed by atoms with Gasteiger partial charge in [0.15, 0.2) is 0 Å². The Kier molecular flexibility index (Phi) is 4.51. The fourth-order valence-corrected chi connectivity index (χ4v) is 2.42. The van der Waals surface area contributed by atoms with Gasteiger partial charge in [-0.05, 0) is 29.8 Å². The van der Waals surface area contributed by atoms with Crippen LogP contribution in [0.25, 0.3) is 6.08 Å². The van der Waals surface area contributed by atoms with Crippen LogP contribution in [0.1, 0.15) is 11.1 Å². The molecule has 0 radical (unpaired) electrons. The van der Waals surface area contributed by atoms with E-state index in [0.717, 1.165) is 5.56 Å². The normalized spacial score (nSPS) is 17.6. The topological polar surface area (TPSA) is 41.5 Å². The van der Waals surface area contributed by atoms with E-state index in [1.54, 1.807) is 18.2 Å². The van der Waals surface area contributed by atoms with E-state index in [9.17, 15) is 9.50 Å². The summed E-state index contributed by atoms with van der Waals surface area (Å²) in [5.41, 5.74) is 1.86. The zero-order valence-electron chi connectivity index (χ0n) is 12.1. The third kappa shape index (κ3) is 3.53. The lowest BCUT2D eigenvalue weighted by atomic mass is 10.1. The summed E-state index contributed by atoms with van der Waals surface area (Å²) in [4.78, 5) is 0. The Morgan fingerprint density at radius 2 is 2.00 bits per heavy atom. The van der Waals surface area contributed by atoms with Gasteiger partial charge in [0.25, 0.3) is 0 Å². The van der Waals surface area contributed by atoms with Crippen molar-refractivity contribution in [1.82, 2.24) is 5.32 Å². The van der Waals surface area contributed by atoms with Crippen molar-refractivity contribution in [3.63, 3.8) is 0 Å². The zero-order valence-corrected chi connectivity index (χ0v) is 12.1. The fourth-order valence-electron chi connectivity index (χ4n) is 2.42. The number of rotatable bonds is 5. The van der Waals surface area contributed by atoms with Crippen molar-refractivity contribution >= 4 is 6.08 Å². The molecule has 0 aliphatic carbocycles. The highest BCUT2D eigenvalue weighted by Crippen LogP contribution is 2.27. The predicted molar refractivity (Wildman–Crippen MR) is 84.0 cm³/mol. The summed E-state index contributed by atoms with van der Waals surface area (Å²) in [7, 11) is 0. The third-order valence-electron chi connectivity index (χ3n) is 3.61. The molecule has 1 aliphatic heterocycles. The summed E-state index contributed by atoms with van der Waals surface area (Å²) in [5, 5.41) is 13.4. The van der Waals surface area contributed by atoms with E-state index >= 15 is 0 Å². The van der Waals surface area contributed by atoms with Crippen LogP contribution in [0.2, 0.25) is 0 Å². The quantitative estimate of drug-likeness (QED) is 0.892. The van der Waals surface area contributed by atoms with Crippen molar-refractivity contribution in [2.75, 3.05) is 6.54 Å². The van der Waals surface area contributed by atoms with Crippen LogP contribution in [0.5, 0.6) is 5.75 Å². The van der Waals surface area contributed by atoms with E-state index in [2.05, 4.69) is 5.32 Å². The minimum absolute atomic E-state index is 0.296. The molecule has 0 unspecified atom stereocenters. The van der Waals surface area contributed by atoms with Crippen LogP contribution in [-0.4, -0.2) is 23.9 Å². The molecule has 2 aromatic rings. The Morgan fingerprint density at radius 3 is 2.82 bits per heavy atom. The molecule has 1 heterocycles. The molecule has 0 amide bonds. The number of aliphatic hydroxyl groups is 1. The maximum absolute atomic E-state index is 13.1. The van der Waals surface area contributed by atoms with Crippen LogP contribution in [0.15, 0.2) is 54.6 Å². The van der Waals surface area contributed by atoms with E-state index in [0.29, 0.717) is 24.4 Å². The minimum atomic E-state index is -0.668. The number of hydrogen-bond donors (Lipinski definition) is 2. The van der Waals surface area contributed by atoms with E-state index < -0.39 is 12.2 Å². The molecular weight excluding hydrogens is 281 g/mol. The van der Waals surface area contributed by atoms with Gasteiger partial charge in [-0.1, -0.05) is 36.4 Å². The second-order valence-electron chi connectivity index (χ2n) is 5.31. The van der Waals surface area contributed by atoms with Crippen LogP contribution < -0.4 is 10.1 Å². The molecule has 0 fully saturated rings. The lowest BCUT2D eigenvalue weighted by molar-refractivity contribution is 0.0624. The molecule has 0 saturated carbocycles. The van der Waals surface area contributed by atoms with Gasteiger partial charge in [-0.2, -0.15) is 0 Å². The highest BCUT2D eigenvalue weighted by Gasteiger charge is 2.22. The van der Waals surface area contributed by atoms with Crippen LogP contribution in [0, 0.1) is 5.82 Å². The van der Waals surface area contributed by atoms with E-state index in [1.165, 1.54) is 12.1 Å². The number of nitrogens with one attached hydrogen (secondary N) is 1. The number of aliphatic hydroxyl groups excluding tert-OH is 1. The smallest absolute Gasteiger partial charge is 0.144 e. The van der Waals surface area contributed by atoms with Gasteiger partial charge in [-0.15, -0.1) is 0 Å². The van der Waals surface area contributed by atoms with Crippen LogP contribution in [0.4, 0.5) is 4.39 Å². The maximum atomic E-state index is 13.1. The Bertz CT molecular complexity index is 657. The van der Waals surface area contributed by atoms with Crippen molar-refractivity contribution in [3.8, 4) is 5.75 Å². The first-order valence-corrected chi connectivity index (χ1v) is 7.29. The first kappa shape index (κ1) is 14.8. The second-order valence-corrected chi connectivity index (χ2v) is 5.31. The van der Waals surface area contributed by atoms with Gasteiger partial charge < -0.3 is 15.2 Å². The predicted octanol–water partition coefficient (Wildman–Crippen LogP) is 2.75. The molecule has 22 heavy (non-hydrogen) atoms. The van der Waals surface area contributed by atoms with Crippen LogP contribution in [0.3, 0.4) is 0 Å². The number of hydrogen-bond acceptors (Lipinski definition) is 3. The van der Waals surface area contributed by atoms with Crippen LogP contribution in [-0.2, 0) is 6.54 Å². The molecule has 2 aromatic carbocycles. The molecule has 114 valence electrons. The highest BCUT2D eigenvalue weighted by atomic mass is 19.1. The van der Waals surface area contributed by atoms with Gasteiger partial charge >= 0.3 is 0 Å². The van der Waals surface area contributed by atoms with E-state index in [-0.39, 0.29) is 5.82 Å². The van der Waals surface area contributed by atoms with Crippen molar-refractivity contribution in [2.45, 2.75) is 18.8 Å². The first-order chi connectivity index (χ1) is 10.7. The summed E-state index contributed by atoms with van der Waals surface area (Å²) in [5.74, 6) is 0.298. The molecule has 0 spiro atoms. The van der Waals surface area contributed by atoms with Gasteiger partial charge in [-0.25, -0.2) is 4.39 Å². The molecule has 0 bridgehead atoms. The molecule has 0 aromatic heterocycles. The van der Waals surface area contributed by atoms with Crippen molar-refractivity contribution in [3.05, 3.63) is 71.6 Å². The average molecular weight is 299 g/mol. The summed E-state index contributed by atoms with van der Waals surface area (Å²) in [6, 6.07) is 14.4. The minimum Gasteiger partial charge on any atom is -0.483 e. The molecule has 1 aliphatic rings. The third-order valence-corrected chi connectivity index (χ3v) is 3.61. The Labute approximate surface area is 129 Å². The molecule has 2 N–H and O–H groups in total. The van der Waals surface area contributed by atoms with Gasteiger partial charge in [0.2, 0.25) is 0 Å². The number of ether oxygens (including phenoxy) is 1. The standard InChI is InChI=1S/C18H18FNO2/c19-15-7-9-17-14(10-15)6-8-18(22-17)16(21)12-20-11-13-4-2-1-3-5-13/h1-10,16,18,20-21H,11-12H2/t16-,18+/m1/s1. The van der Waals surface area contributed by atoms with Crippen molar-refractivity contribution in [1.29, 1.82) is 0 Å². The Balaban J connectivity index is 1.54. The summed E-state index contributed by atoms with van der Waals surface area (Å²) in [6.07, 6.45) is 2.45. The lowest BCUT2D eigenvalue weighted by Gasteiger charge is -2.25. The molecule has 2 atom stereocenters. The van der Waals surface area contributed by atoms with E-state index in [1.807, 2.05) is 30.3 Å². The van der Waals surface area contributed by atoms with Gasteiger partial charge in [0, 0.05) is 18.7 Å². The SMILES string of the molecule is O[C@H](CNCc1ccccc1)[C@@H]1C=Cc2cc(F)ccc2O1. The fraction of sp³-hybridized carbons (Fsp3) is 0.222. The number of halogens is 1. The van der Waals surface area contributed by atoms with Gasteiger partial charge in [0.1, 0.15) is 23.8 Å². The summed E-state index contributed by atoms with van der Waals surface area (Å²) in [6.45, 7) is 1.11. The first-order valence-electron chi connectivity index (χ1n) is 7.29. The van der Waals surface area contributed by atoms with Gasteiger partial charge in [-0.3, -0.25) is 0 Å². The highest BCUT2D eigenvalue weighted by molar-refractivity contribution is 5.60. The average Bonchev–Trinajstić information content (AvgIpc) is 2.55. The monoisotopic (exact) mass is 299 g/mol. The van der Waals surface area contributed by atoms with Crippen LogP contribution >= 0.6 is 0 Å². The largest absolute Gasteiger partial charge is 0.483 e. The lowest BCUT2D eigenvalue weighted by Crippen LogP contribution is -2.39. The van der Waals surface area contributed by atoms with Crippen molar-refractivity contribution in [2.24, 2.45) is 0 Å². The Hall–Kier alpha value is -2.17. The summed E-state index contributed by atoms with van der Waals surface area (Å²) >= 11 is 0. The maximum Gasteiger partial charge on any atom is 0.144 e. The molecule has 3 nitrogen and oxygen atoms in total. The Morgan fingerprint density at radius 1 is 1.18 bits per heavy atom. The zero-order chi connectivity index (χ0) is 15.4.